The molecule has 2 N–H and O–H groups in total. The maximum Gasteiger partial charge on any atom is 0.375 e. The van der Waals surface area contributed by atoms with Crippen molar-refractivity contribution in [1.29, 1.82) is 0 Å². The smallest absolute Gasteiger partial charge is 0.375 e. The fraction of sp³-hybridized carbons (Fsp3) is 0.300. The summed E-state index contributed by atoms with van der Waals surface area (Å²) < 4.78 is 10.1. The predicted molar refractivity (Wildman–Crippen MR) is 63.9 cm³/mol. The highest BCUT2D eigenvalue weighted by molar-refractivity contribution is 9.10. The lowest BCUT2D eigenvalue weighted by molar-refractivity contribution is -0.128. The Balaban J connectivity index is 2.54. The van der Waals surface area contributed by atoms with Crippen molar-refractivity contribution in [2.45, 2.75) is 13.0 Å². The number of esters is 1. The van der Waals surface area contributed by atoms with Gasteiger partial charge in [0.2, 0.25) is 5.76 Å². The number of carbonyl (C=O) groups is 3. The van der Waals surface area contributed by atoms with E-state index in [4.69, 9.17) is 9.15 Å². The van der Waals surface area contributed by atoms with E-state index < -0.39 is 24.0 Å². The van der Waals surface area contributed by atoms with Crippen molar-refractivity contribution in [3.05, 3.63) is 22.6 Å². The number of halogens is 1. The first-order valence-corrected chi connectivity index (χ1v) is 5.72. The van der Waals surface area contributed by atoms with E-state index in [1.807, 2.05) is 5.32 Å². The molecule has 1 aromatic rings. The minimum Gasteiger partial charge on any atom is -0.447 e. The lowest BCUT2D eigenvalue weighted by atomic mass is 10.3. The first-order chi connectivity index (χ1) is 8.43. The molecule has 0 aliphatic carbocycles. The molecule has 1 atom stereocenters. The summed E-state index contributed by atoms with van der Waals surface area (Å²) in [7, 11) is 1.36. The molecule has 3 amide bonds. The number of urea groups is 1. The quantitative estimate of drug-likeness (QED) is 0.811. The second-order valence-corrected chi connectivity index (χ2v) is 4.00. The number of ether oxygens (including phenoxy) is 1. The van der Waals surface area contributed by atoms with Gasteiger partial charge < -0.3 is 14.5 Å². The number of hydrogen-bond acceptors (Lipinski definition) is 5. The first kappa shape index (κ1) is 14.2. The van der Waals surface area contributed by atoms with Gasteiger partial charge in [0.05, 0.1) is 0 Å². The van der Waals surface area contributed by atoms with Gasteiger partial charge in [-0.05, 0) is 35.0 Å². The highest BCUT2D eigenvalue weighted by Gasteiger charge is 2.22. The molecule has 1 rings (SSSR count). The summed E-state index contributed by atoms with van der Waals surface area (Å²) in [5.74, 6) is -1.56. The van der Waals surface area contributed by atoms with Crippen LogP contribution in [0.4, 0.5) is 4.79 Å². The zero-order chi connectivity index (χ0) is 13.7. The van der Waals surface area contributed by atoms with Gasteiger partial charge in [0.1, 0.15) is 0 Å². The molecule has 7 nitrogen and oxygen atoms in total. The molecule has 0 bridgehead atoms. The Bertz CT molecular complexity index is 471. The van der Waals surface area contributed by atoms with Gasteiger partial charge in [-0.15, -0.1) is 0 Å². The second kappa shape index (κ2) is 6.20. The molecule has 0 saturated carbocycles. The summed E-state index contributed by atoms with van der Waals surface area (Å²) in [6.45, 7) is 1.34. The van der Waals surface area contributed by atoms with Crippen LogP contribution in [-0.4, -0.2) is 31.1 Å². The molecular formula is C10H11BrN2O5. The number of imide groups is 1. The SMILES string of the molecule is CNC(=O)NC(=O)[C@@H](C)OC(=O)c1ccc(Br)o1. The molecule has 0 aromatic carbocycles. The molecule has 0 saturated heterocycles. The van der Waals surface area contributed by atoms with Crippen LogP contribution in [0.2, 0.25) is 0 Å². The maximum absolute atomic E-state index is 11.5. The van der Waals surface area contributed by atoms with Crippen molar-refractivity contribution in [3.63, 3.8) is 0 Å². The summed E-state index contributed by atoms with van der Waals surface area (Å²) in [5, 5.41) is 4.19. The van der Waals surface area contributed by atoms with Crippen molar-refractivity contribution in [2.75, 3.05) is 7.05 Å². The average molecular weight is 319 g/mol. The zero-order valence-corrected chi connectivity index (χ0v) is 11.2. The number of amides is 3. The molecule has 18 heavy (non-hydrogen) atoms. The standard InChI is InChI=1S/C10H11BrN2O5/c1-5(8(14)13-10(16)12-2)17-9(15)6-3-4-7(11)18-6/h3-5H,1-2H3,(H2,12,13,14,16)/t5-/m1/s1. The second-order valence-electron chi connectivity index (χ2n) is 3.22. The highest BCUT2D eigenvalue weighted by atomic mass is 79.9. The van der Waals surface area contributed by atoms with Crippen molar-refractivity contribution in [2.24, 2.45) is 0 Å². The van der Waals surface area contributed by atoms with Crippen LogP contribution in [0.25, 0.3) is 0 Å². The van der Waals surface area contributed by atoms with Gasteiger partial charge in [-0.25, -0.2) is 9.59 Å². The van der Waals surface area contributed by atoms with E-state index in [2.05, 4.69) is 21.2 Å². The number of furan rings is 1. The molecule has 0 fully saturated rings. The molecule has 1 heterocycles. The van der Waals surface area contributed by atoms with E-state index in [-0.39, 0.29) is 5.76 Å². The van der Waals surface area contributed by atoms with E-state index >= 15 is 0 Å². The molecule has 0 spiro atoms. The van der Waals surface area contributed by atoms with Gasteiger partial charge in [-0.3, -0.25) is 10.1 Å². The lowest BCUT2D eigenvalue weighted by Gasteiger charge is -2.11. The Hall–Kier alpha value is -1.83. The molecule has 0 aliphatic heterocycles. The minimum atomic E-state index is -1.11. The number of nitrogens with one attached hydrogen (secondary N) is 2. The van der Waals surface area contributed by atoms with Crippen LogP contribution in [0.1, 0.15) is 17.5 Å². The van der Waals surface area contributed by atoms with Crippen LogP contribution >= 0.6 is 15.9 Å². The first-order valence-electron chi connectivity index (χ1n) is 4.93. The van der Waals surface area contributed by atoms with Crippen LogP contribution in [-0.2, 0) is 9.53 Å². The number of rotatable bonds is 3. The summed E-state index contributed by atoms with van der Waals surface area (Å²) in [6.07, 6.45) is -1.11. The van der Waals surface area contributed by atoms with E-state index in [1.165, 1.54) is 26.1 Å². The molecule has 98 valence electrons. The third-order valence-electron chi connectivity index (χ3n) is 1.89. The molecule has 8 heteroatoms. The van der Waals surface area contributed by atoms with Gasteiger partial charge in [0.25, 0.3) is 5.91 Å². The Morgan fingerprint density at radius 3 is 2.56 bits per heavy atom. The van der Waals surface area contributed by atoms with Gasteiger partial charge in [0, 0.05) is 7.05 Å². The van der Waals surface area contributed by atoms with Gasteiger partial charge >= 0.3 is 12.0 Å². The topological polar surface area (TPSA) is 97.6 Å². The van der Waals surface area contributed by atoms with E-state index in [9.17, 15) is 14.4 Å². The van der Waals surface area contributed by atoms with Crippen molar-refractivity contribution >= 4 is 33.8 Å². The van der Waals surface area contributed by atoms with Crippen LogP contribution in [0.15, 0.2) is 21.2 Å². The minimum absolute atomic E-state index is 0.0403. The fourth-order valence-corrected chi connectivity index (χ4v) is 1.28. The monoisotopic (exact) mass is 318 g/mol. The number of carbonyl (C=O) groups excluding carboxylic acids is 3. The Morgan fingerprint density at radius 2 is 2.06 bits per heavy atom. The molecule has 0 radical (unpaired) electrons. The Kier molecular flexibility index (Phi) is 4.90. The number of hydrogen-bond donors (Lipinski definition) is 2. The Morgan fingerprint density at radius 1 is 1.39 bits per heavy atom. The summed E-state index contributed by atoms with van der Waals surface area (Å²) in [4.78, 5) is 33.8. The third-order valence-corrected chi connectivity index (χ3v) is 2.32. The predicted octanol–water partition coefficient (Wildman–Crippen LogP) is 1.04. The largest absolute Gasteiger partial charge is 0.447 e. The normalized spacial score (nSPS) is 11.5. The molecule has 1 aromatic heterocycles. The summed E-state index contributed by atoms with van der Waals surface area (Å²) in [5.41, 5.74) is 0. The van der Waals surface area contributed by atoms with Gasteiger partial charge in [-0.1, -0.05) is 0 Å². The van der Waals surface area contributed by atoms with Crippen molar-refractivity contribution in [3.8, 4) is 0 Å². The van der Waals surface area contributed by atoms with Gasteiger partial charge in [-0.2, -0.15) is 0 Å². The summed E-state index contributed by atoms with van der Waals surface area (Å²) >= 11 is 3.03. The van der Waals surface area contributed by atoms with Crippen LogP contribution in [0.5, 0.6) is 0 Å². The Labute approximate surface area is 111 Å². The van der Waals surface area contributed by atoms with Crippen LogP contribution in [0, 0.1) is 0 Å². The molecular weight excluding hydrogens is 308 g/mol. The van der Waals surface area contributed by atoms with E-state index in [0.29, 0.717) is 4.67 Å². The highest BCUT2D eigenvalue weighted by Crippen LogP contribution is 2.15. The molecule has 0 unspecified atom stereocenters. The zero-order valence-electron chi connectivity index (χ0n) is 9.65. The van der Waals surface area contributed by atoms with Crippen LogP contribution < -0.4 is 10.6 Å². The lowest BCUT2D eigenvalue weighted by Crippen LogP contribution is -2.43. The average Bonchev–Trinajstić information content (AvgIpc) is 2.75. The van der Waals surface area contributed by atoms with Crippen molar-refractivity contribution < 1.29 is 23.5 Å². The molecule has 0 aliphatic rings. The van der Waals surface area contributed by atoms with Gasteiger partial charge in [0.15, 0.2) is 10.8 Å². The summed E-state index contributed by atoms with van der Waals surface area (Å²) in [6, 6.07) is 2.24. The maximum atomic E-state index is 11.5. The third kappa shape index (κ3) is 3.88. The fourth-order valence-electron chi connectivity index (χ4n) is 0.972. The van der Waals surface area contributed by atoms with Crippen molar-refractivity contribution in [1.82, 2.24) is 10.6 Å². The van der Waals surface area contributed by atoms with E-state index in [0.717, 1.165) is 0 Å². The van der Waals surface area contributed by atoms with Crippen LogP contribution in [0.3, 0.4) is 0 Å². The van der Waals surface area contributed by atoms with E-state index in [1.54, 1.807) is 0 Å².